The highest BCUT2D eigenvalue weighted by atomic mass is 15.1. The summed E-state index contributed by atoms with van der Waals surface area (Å²) in [6, 6.07) is 0. The molecule has 0 saturated carbocycles. The predicted octanol–water partition coefficient (Wildman–Crippen LogP) is 3.41. The SMILES string of the molecule is CCCCCCCCCCCN(C)CCN. The summed E-state index contributed by atoms with van der Waals surface area (Å²) in [4.78, 5) is 2.33. The summed E-state index contributed by atoms with van der Waals surface area (Å²) in [5.74, 6) is 0. The van der Waals surface area contributed by atoms with Crippen molar-refractivity contribution in [3.8, 4) is 0 Å². The number of likely N-dealkylation sites (N-methyl/N-ethyl adjacent to an activating group) is 1. The van der Waals surface area contributed by atoms with Gasteiger partial charge >= 0.3 is 0 Å². The van der Waals surface area contributed by atoms with Gasteiger partial charge in [0.2, 0.25) is 0 Å². The first kappa shape index (κ1) is 15.9. The Bertz CT molecular complexity index is 126. The molecular formula is C14H32N2. The average Bonchev–Trinajstić information content (AvgIpc) is 2.27. The van der Waals surface area contributed by atoms with Gasteiger partial charge < -0.3 is 10.6 Å². The number of nitrogens with two attached hydrogens (primary N) is 1. The minimum atomic E-state index is 0.786. The third-order valence-corrected chi connectivity index (χ3v) is 3.15. The molecule has 0 aliphatic rings. The third-order valence-electron chi connectivity index (χ3n) is 3.15. The van der Waals surface area contributed by atoms with Crippen LogP contribution in [0.2, 0.25) is 0 Å². The Kier molecular flexibility index (Phi) is 12.9. The number of hydrogen-bond donors (Lipinski definition) is 1. The van der Waals surface area contributed by atoms with Gasteiger partial charge in [-0.3, -0.25) is 0 Å². The predicted molar refractivity (Wildman–Crippen MR) is 73.8 cm³/mol. The molecule has 0 bridgehead atoms. The van der Waals surface area contributed by atoms with Crippen molar-refractivity contribution in [3.63, 3.8) is 0 Å². The lowest BCUT2D eigenvalue weighted by atomic mass is 10.1. The second-order valence-electron chi connectivity index (χ2n) is 4.92. The molecule has 16 heavy (non-hydrogen) atoms. The molecule has 0 aromatic carbocycles. The molecule has 0 unspecified atom stereocenters. The van der Waals surface area contributed by atoms with E-state index in [9.17, 15) is 0 Å². The second kappa shape index (κ2) is 13.0. The Morgan fingerprint density at radius 3 is 1.75 bits per heavy atom. The minimum absolute atomic E-state index is 0.786. The summed E-state index contributed by atoms with van der Waals surface area (Å²) in [7, 11) is 2.16. The summed E-state index contributed by atoms with van der Waals surface area (Å²) in [5, 5.41) is 0. The van der Waals surface area contributed by atoms with Crippen molar-refractivity contribution in [2.75, 3.05) is 26.7 Å². The van der Waals surface area contributed by atoms with E-state index in [1.165, 1.54) is 64.3 Å². The normalized spacial score (nSPS) is 11.2. The van der Waals surface area contributed by atoms with Crippen molar-refractivity contribution in [1.29, 1.82) is 0 Å². The van der Waals surface area contributed by atoms with E-state index in [0.29, 0.717) is 0 Å². The van der Waals surface area contributed by atoms with Crippen LogP contribution in [0.3, 0.4) is 0 Å². The van der Waals surface area contributed by atoms with E-state index < -0.39 is 0 Å². The van der Waals surface area contributed by atoms with Gasteiger partial charge in [0, 0.05) is 13.1 Å². The first-order valence-electron chi connectivity index (χ1n) is 7.20. The minimum Gasteiger partial charge on any atom is -0.329 e. The van der Waals surface area contributed by atoms with Gasteiger partial charge in [-0.05, 0) is 20.0 Å². The molecule has 0 spiro atoms. The van der Waals surface area contributed by atoms with Crippen LogP contribution in [0.4, 0.5) is 0 Å². The number of rotatable bonds is 12. The van der Waals surface area contributed by atoms with Crippen molar-refractivity contribution >= 4 is 0 Å². The van der Waals surface area contributed by atoms with Crippen LogP contribution in [0.15, 0.2) is 0 Å². The molecule has 0 aromatic heterocycles. The molecule has 0 saturated heterocycles. The van der Waals surface area contributed by atoms with E-state index in [1.54, 1.807) is 0 Å². The lowest BCUT2D eigenvalue weighted by molar-refractivity contribution is 0.332. The van der Waals surface area contributed by atoms with Gasteiger partial charge in [-0.25, -0.2) is 0 Å². The van der Waals surface area contributed by atoms with Crippen LogP contribution in [-0.4, -0.2) is 31.6 Å². The highest BCUT2D eigenvalue weighted by Gasteiger charge is 1.96. The van der Waals surface area contributed by atoms with Crippen LogP contribution < -0.4 is 5.73 Å². The summed E-state index contributed by atoms with van der Waals surface area (Å²) in [6.45, 7) is 5.32. The quantitative estimate of drug-likeness (QED) is 0.519. The van der Waals surface area contributed by atoms with Crippen molar-refractivity contribution in [3.05, 3.63) is 0 Å². The molecule has 0 aliphatic heterocycles. The Morgan fingerprint density at radius 2 is 1.25 bits per heavy atom. The second-order valence-corrected chi connectivity index (χ2v) is 4.92. The molecule has 0 rings (SSSR count). The molecule has 0 radical (unpaired) electrons. The van der Waals surface area contributed by atoms with Crippen molar-refractivity contribution in [2.45, 2.75) is 64.7 Å². The molecule has 0 aromatic rings. The fourth-order valence-corrected chi connectivity index (χ4v) is 2.02. The first-order valence-corrected chi connectivity index (χ1v) is 7.20. The maximum Gasteiger partial charge on any atom is 0.0102 e. The fourth-order valence-electron chi connectivity index (χ4n) is 2.02. The standard InChI is InChI=1S/C14H32N2/c1-3-4-5-6-7-8-9-10-11-13-16(2)14-12-15/h3-15H2,1-2H3. The zero-order valence-corrected chi connectivity index (χ0v) is 11.5. The van der Waals surface area contributed by atoms with E-state index in [-0.39, 0.29) is 0 Å². The molecule has 0 amide bonds. The van der Waals surface area contributed by atoms with Crippen molar-refractivity contribution in [2.24, 2.45) is 5.73 Å². The summed E-state index contributed by atoms with van der Waals surface area (Å²) < 4.78 is 0. The van der Waals surface area contributed by atoms with Gasteiger partial charge in [-0.1, -0.05) is 58.3 Å². The Morgan fingerprint density at radius 1 is 0.750 bits per heavy atom. The van der Waals surface area contributed by atoms with Gasteiger partial charge in [0.1, 0.15) is 0 Å². The smallest absolute Gasteiger partial charge is 0.0102 e. The van der Waals surface area contributed by atoms with Gasteiger partial charge in [0.25, 0.3) is 0 Å². The molecule has 0 fully saturated rings. The van der Waals surface area contributed by atoms with E-state index in [4.69, 9.17) is 5.73 Å². The fraction of sp³-hybridized carbons (Fsp3) is 1.00. The third kappa shape index (κ3) is 12.0. The average molecular weight is 228 g/mol. The maximum atomic E-state index is 5.50. The Labute approximate surface area is 103 Å². The summed E-state index contributed by atoms with van der Waals surface area (Å²) >= 11 is 0. The Hall–Kier alpha value is -0.0800. The van der Waals surface area contributed by atoms with E-state index in [1.807, 2.05) is 0 Å². The zero-order valence-electron chi connectivity index (χ0n) is 11.5. The molecule has 2 heteroatoms. The zero-order chi connectivity index (χ0) is 12.1. The van der Waals surface area contributed by atoms with E-state index in [2.05, 4.69) is 18.9 Å². The van der Waals surface area contributed by atoms with E-state index >= 15 is 0 Å². The highest BCUT2D eigenvalue weighted by molar-refractivity contribution is 4.53. The van der Waals surface area contributed by atoms with E-state index in [0.717, 1.165) is 13.1 Å². The van der Waals surface area contributed by atoms with Gasteiger partial charge in [-0.15, -0.1) is 0 Å². The van der Waals surface area contributed by atoms with Gasteiger partial charge in [0.15, 0.2) is 0 Å². The lowest BCUT2D eigenvalue weighted by Gasteiger charge is -2.14. The Balaban J connectivity index is 2.98. The molecule has 98 valence electrons. The highest BCUT2D eigenvalue weighted by Crippen LogP contribution is 2.09. The van der Waals surface area contributed by atoms with Crippen LogP contribution in [0, 0.1) is 0 Å². The first-order chi connectivity index (χ1) is 7.81. The topological polar surface area (TPSA) is 29.3 Å². The number of unbranched alkanes of at least 4 members (excludes halogenated alkanes) is 8. The van der Waals surface area contributed by atoms with Crippen LogP contribution >= 0.6 is 0 Å². The van der Waals surface area contributed by atoms with Crippen LogP contribution in [-0.2, 0) is 0 Å². The summed E-state index contributed by atoms with van der Waals surface area (Å²) in [6.07, 6.45) is 12.7. The molecule has 2 N–H and O–H groups in total. The number of nitrogens with zero attached hydrogens (tertiary/aromatic N) is 1. The molecule has 0 aliphatic carbocycles. The molecule has 2 nitrogen and oxygen atoms in total. The van der Waals surface area contributed by atoms with Crippen LogP contribution in [0.25, 0.3) is 0 Å². The lowest BCUT2D eigenvalue weighted by Crippen LogP contribution is -2.26. The van der Waals surface area contributed by atoms with Gasteiger partial charge in [0.05, 0.1) is 0 Å². The van der Waals surface area contributed by atoms with Crippen LogP contribution in [0.5, 0.6) is 0 Å². The largest absolute Gasteiger partial charge is 0.329 e. The molecular weight excluding hydrogens is 196 g/mol. The van der Waals surface area contributed by atoms with Crippen molar-refractivity contribution in [1.82, 2.24) is 4.90 Å². The summed E-state index contributed by atoms with van der Waals surface area (Å²) in [5.41, 5.74) is 5.50. The molecule has 0 heterocycles. The maximum absolute atomic E-state index is 5.50. The molecule has 0 atom stereocenters. The number of hydrogen-bond acceptors (Lipinski definition) is 2. The monoisotopic (exact) mass is 228 g/mol. The van der Waals surface area contributed by atoms with Crippen LogP contribution in [0.1, 0.15) is 64.7 Å². The van der Waals surface area contributed by atoms with Gasteiger partial charge in [-0.2, -0.15) is 0 Å². The van der Waals surface area contributed by atoms with Crippen molar-refractivity contribution < 1.29 is 0 Å².